The van der Waals surface area contributed by atoms with Crippen molar-refractivity contribution < 1.29 is 15.0 Å². The molecule has 2 atom stereocenters. The average Bonchev–Trinajstić information content (AvgIpc) is 1.86. The van der Waals surface area contributed by atoms with Gasteiger partial charge in [0.05, 0.1) is 12.0 Å². The van der Waals surface area contributed by atoms with E-state index in [-0.39, 0.29) is 0 Å². The number of carboxylic acids is 1. The Kier molecular flexibility index (Phi) is 4.81. The van der Waals surface area contributed by atoms with E-state index in [2.05, 4.69) is 5.32 Å². The van der Waals surface area contributed by atoms with Gasteiger partial charge in [0.15, 0.2) is 0 Å². The van der Waals surface area contributed by atoms with Crippen molar-refractivity contribution in [3.05, 3.63) is 0 Å². The number of aliphatic hydroxyl groups excluding tert-OH is 1. The summed E-state index contributed by atoms with van der Waals surface area (Å²) >= 11 is 0. The highest BCUT2D eigenvalue weighted by atomic mass is 16.4. The molecule has 0 saturated carbocycles. The Morgan fingerprint density at radius 2 is 2.00 bits per heavy atom. The fourth-order valence-electron chi connectivity index (χ4n) is 0.596. The van der Waals surface area contributed by atoms with Gasteiger partial charge in [-0.15, -0.1) is 0 Å². The van der Waals surface area contributed by atoms with E-state index in [0.29, 0.717) is 13.1 Å². The Morgan fingerprint density at radius 3 is 2.36 bits per heavy atom. The van der Waals surface area contributed by atoms with Crippen LogP contribution in [-0.2, 0) is 4.79 Å². The highest BCUT2D eigenvalue weighted by Crippen LogP contribution is 1.90. The first-order valence-corrected chi connectivity index (χ1v) is 3.65. The van der Waals surface area contributed by atoms with Crippen LogP contribution in [0.15, 0.2) is 0 Å². The maximum absolute atomic E-state index is 10.3. The lowest BCUT2D eigenvalue weighted by Crippen LogP contribution is -2.31. The van der Waals surface area contributed by atoms with Gasteiger partial charge in [-0.1, -0.05) is 6.92 Å². The molecule has 0 aromatic heterocycles. The fourth-order valence-corrected chi connectivity index (χ4v) is 0.596. The van der Waals surface area contributed by atoms with Gasteiger partial charge >= 0.3 is 5.97 Å². The summed E-state index contributed by atoms with van der Waals surface area (Å²) in [5.74, 6) is -1.21. The Balaban J connectivity index is 3.31. The van der Waals surface area contributed by atoms with Crippen molar-refractivity contribution in [2.75, 3.05) is 13.1 Å². The zero-order valence-electron chi connectivity index (χ0n) is 6.87. The number of nitrogens with one attached hydrogen (secondary N) is 1. The highest BCUT2D eigenvalue weighted by Gasteiger charge is 2.09. The lowest BCUT2D eigenvalue weighted by atomic mass is 10.2. The average molecular weight is 161 g/mol. The van der Waals surface area contributed by atoms with Crippen LogP contribution in [0.3, 0.4) is 0 Å². The van der Waals surface area contributed by atoms with Gasteiger partial charge < -0.3 is 15.5 Å². The molecule has 0 spiro atoms. The Hall–Kier alpha value is -0.610. The van der Waals surface area contributed by atoms with Crippen molar-refractivity contribution in [1.82, 2.24) is 5.32 Å². The molecule has 0 heterocycles. The lowest BCUT2D eigenvalue weighted by molar-refractivity contribution is -0.140. The van der Waals surface area contributed by atoms with Crippen molar-refractivity contribution in [2.24, 2.45) is 5.92 Å². The van der Waals surface area contributed by atoms with Gasteiger partial charge in [-0.3, -0.25) is 4.79 Å². The van der Waals surface area contributed by atoms with E-state index in [9.17, 15) is 4.79 Å². The van der Waals surface area contributed by atoms with Crippen LogP contribution in [0.2, 0.25) is 0 Å². The van der Waals surface area contributed by atoms with E-state index in [4.69, 9.17) is 10.2 Å². The number of hydrogen-bond donors (Lipinski definition) is 3. The molecule has 0 rings (SSSR count). The molecule has 4 nitrogen and oxygen atoms in total. The van der Waals surface area contributed by atoms with Crippen LogP contribution in [0.4, 0.5) is 0 Å². The van der Waals surface area contributed by atoms with E-state index in [0.717, 1.165) is 0 Å². The summed E-state index contributed by atoms with van der Waals surface area (Å²) in [5, 5.41) is 20.1. The molecule has 0 radical (unpaired) electrons. The molecular formula is C7H15NO3. The van der Waals surface area contributed by atoms with Gasteiger partial charge in [-0.25, -0.2) is 0 Å². The van der Waals surface area contributed by atoms with Gasteiger partial charge in [-0.05, 0) is 6.92 Å². The van der Waals surface area contributed by atoms with Gasteiger partial charge in [0.25, 0.3) is 0 Å². The molecule has 66 valence electrons. The third kappa shape index (κ3) is 5.82. The smallest absolute Gasteiger partial charge is 0.307 e. The molecule has 0 amide bonds. The monoisotopic (exact) mass is 161 g/mol. The Labute approximate surface area is 66.2 Å². The minimum absolute atomic E-state index is 0.395. The molecule has 0 aromatic rings. The minimum atomic E-state index is -0.817. The van der Waals surface area contributed by atoms with Crippen LogP contribution in [0.25, 0.3) is 0 Å². The number of rotatable bonds is 5. The Morgan fingerprint density at radius 1 is 1.45 bits per heavy atom. The Bertz CT molecular complexity index is 125. The third-order valence-electron chi connectivity index (χ3n) is 1.31. The second-order valence-electron chi connectivity index (χ2n) is 2.75. The molecule has 2 unspecified atom stereocenters. The fraction of sp³-hybridized carbons (Fsp3) is 0.857. The van der Waals surface area contributed by atoms with Crippen molar-refractivity contribution in [3.8, 4) is 0 Å². The molecule has 0 bridgehead atoms. The third-order valence-corrected chi connectivity index (χ3v) is 1.31. The quantitative estimate of drug-likeness (QED) is 0.516. The topological polar surface area (TPSA) is 69.6 Å². The molecular weight excluding hydrogens is 146 g/mol. The molecule has 0 aliphatic rings. The maximum Gasteiger partial charge on any atom is 0.307 e. The van der Waals surface area contributed by atoms with Gasteiger partial charge in [0.1, 0.15) is 0 Å². The summed E-state index contributed by atoms with van der Waals surface area (Å²) in [5.41, 5.74) is 0. The van der Waals surface area contributed by atoms with Crippen molar-refractivity contribution in [1.29, 1.82) is 0 Å². The summed E-state index contributed by atoms with van der Waals surface area (Å²) in [6.45, 7) is 4.12. The molecule has 0 fully saturated rings. The van der Waals surface area contributed by atoms with Gasteiger partial charge in [0.2, 0.25) is 0 Å². The van der Waals surface area contributed by atoms with Crippen LogP contribution in [0.5, 0.6) is 0 Å². The number of carbonyl (C=O) groups is 1. The summed E-state index contributed by atoms with van der Waals surface area (Å²) in [6, 6.07) is 0. The zero-order chi connectivity index (χ0) is 8.85. The van der Waals surface area contributed by atoms with E-state index >= 15 is 0 Å². The lowest BCUT2D eigenvalue weighted by Gasteiger charge is -2.08. The molecule has 4 heteroatoms. The van der Waals surface area contributed by atoms with E-state index in [1.165, 1.54) is 0 Å². The molecule has 0 saturated heterocycles. The van der Waals surface area contributed by atoms with Gasteiger partial charge in [0, 0.05) is 13.1 Å². The number of aliphatic hydroxyl groups is 1. The minimum Gasteiger partial charge on any atom is -0.481 e. The first kappa shape index (κ1) is 10.4. The SMILES string of the molecule is CC(O)CNCC(C)C(=O)O. The highest BCUT2D eigenvalue weighted by molar-refractivity contribution is 5.69. The van der Waals surface area contributed by atoms with Crippen molar-refractivity contribution >= 4 is 5.97 Å². The largest absolute Gasteiger partial charge is 0.481 e. The van der Waals surface area contributed by atoms with E-state index in [1.54, 1.807) is 13.8 Å². The van der Waals surface area contributed by atoms with E-state index in [1.807, 2.05) is 0 Å². The van der Waals surface area contributed by atoms with Crippen LogP contribution < -0.4 is 5.32 Å². The van der Waals surface area contributed by atoms with Crippen LogP contribution >= 0.6 is 0 Å². The van der Waals surface area contributed by atoms with Crippen molar-refractivity contribution in [2.45, 2.75) is 20.0 Å². The molecule has 0 aromatic carbocycles. The second kappa shape index (κ2) is 5.09. The summed E-state index contributed by atoms with van der Waals surface area (Å²) in [7, 11) is 0. The predicted molar refractivity (Wildman–Crippen MR) is 41.4 cm³/mol. The molecule has 11 heavy (non-hydrogen) atoms. The number of aliphatic carboxylic acids is 1. The van der Waals surface area contributed by atoms with E-state index < -0.39 is 18.0 Å². The normalized spacial score (nSPS) is 15.9. The number of hydrogen-bond acceptors (Lipinski definition) is 3. The second-order valence-corrected chi connectivity index (χ2v) is 2.75. The molecule has 0 aliphatic heterocycles. The van der Waals surface area contributed by atoms with Crippen molar-refractivity contribution in [3.63, 3.8) is 0 Å². The van der Waals surface area contributed by atoms with Crippen LogP contribution in [-0.4, -0.2) is 35.4 Å². The maximum atomic E-state index is 10.3. The zero-order valence-corrected chi connectivity index (χ0v) is 6.87. The summed E-state index contributed by atoms with van der Waals surface area (Å²) in [6.07, 6.45) is -0.420. The number of carboxylic acid groups (broad SMARTS) is 1. The summed E-state index contributed by atoms with van der Waals surface area (Å²) < 4.78 is 0. The van der Waals surface area contributed by atoms with Crippen LogP contribution in [0.1, 0.15) is 13.8 Å². The molecule has 0 aliphatic carbocycles. The first-order valence-electron chi connectivity index (χ1n) is 3.65. The summed E-state index contributed by atoms with van der Waals surface area (Å²) in [4.78, 5) is 10.3. The molecule has 3 N–H and O–H groups in total. The van der Waals surface area contributed by atoms with Gasteiger partial charge in [-0.2, -0.15) is 0 Å². The standard InChI is InChI=1S/C7H15NO3/c1-5(7(10)11)3-8-4-6(2)9/h5-6,8-9H,3-4H2,1-2H3,(H,10,11). The van der Waals surface area contributed by atoms with Crippen LogP contribution in [0, 0.1) is 5.92 Å². The first-order chi connectivity index (χ1) is 5.04. The predicted octanol–water partition coefficient (Wildman–Crippen LogP) is -0.323.